The summed E-state index contributed by atoms with van der Waals surface area (Å²) < 4.78 is 0. The molecule has 0 rings (SSSR count). The van der Waals surface area contributed by atoms with Gasteiger partial charge in [-0.1, -0.05) is 42.6 Å². The Bertz CT molecular complexity index is 343. The summed E-state index contributed by atoms with van der Waals surface area (Å²) in [5, 5.41) is 0. The first-order valence-electron chi connectivity index (χ1n) is 8.83. The molecule has 0 heterocycles. The summed E-state index contributed by atoms with van der Waals surface area (Å²) in [6.07, 6.45) is 11.4. The van der Waals surface area contributed by atoms with Gasteiger partial charge in [0, 0.05) is 0 Å². The van der Waals surface area contributed by atoms with Gasteiger partial charge in [-0.25, -0.2) is 0 Å². The van der Waals surface area contributed by atoms with Gasteiger partial charge < -0.3 is 0 Å². The molecule has 0 saturated heterocycles. The second-order valence-corrected chi connectivity index (χ2v) is 7.10. The first-order valence-corrected chi connectivity index (χ1v) is 8.83. The molecule has 0 radical (unpaired) electrons. The van der Waals surface area contributed by atoms with Crippen LogP contribution in [0.25, 0.3) is 0 Å². The summed E-state index contributed by atoms with van der Waals surface area (Å²) in [5.41, 5.74) is 6.02. The van der Waals surface area contributed by atoms with Gasteiger partial charge in [0.25, 0.3) is 0 Å². The Kier molecular flexibility index (Phi) is 11.4. The van der Waals surface area contributed by atoms with Crippen LogP contribution < -0.4 is 0 Å². The Morgan fingerprint density at radius 2 is 1.48 bits per heavy atom. The highest BCUT2D eigenvalue weighted by Crippen LogP contribution is 2.26. The lowest BCUT2D eigenvalue weighted by Gasteiger charge is -2.16. The first-order chi connectivity index (χ1) is 9.86. The molecule has 0 N–H and O–H groups in total. The van der Waals surface area contributed by atoms with E-state index in [0.717, 1.165) is 5.92 Å². The Morgan fingerprint density at radius 1 is 0.857 bits per heavy atom. The molecule has 0 aromatic heterocycles. The van der Waals surface area contributed by atoms with E-state index in [2.05, 4.69) is 47.8 Å². The minimum Gasteiger partial charge on any atom is -0.100 e. The zero-order valence-corrected chi connectivity index (χ0v) is 15.4. The molecule has 0 spiro atoms. The van der Waals surface area contributed by atoms with Gasteiger partial charge in [0.2, 0.25) is 0 Å². The molecule has 1 unspecified atom stereocenters. The number of hydrogen-bond donors (Lipinski definition) is 0. The normalized spacial score (nSPS) is 13.8. The fourth-order valence-electron chi connectivity index (χ4n) is 2.99. The van der Waals surface area contributed by atoms with Gasteiger partial charge in [0.1, 0.15) is 0 Å². The molecule has 0 aliphatic carbocycles. The summed E-state index contributed by atoms with van der Waals surface area (Å²) in [6, 6.07) is 0. The van der Waals surface area contributed by atoms with E-state index in [0.29, 0.717) is 0 Å². The van der Waals surface area contributed by atoms with Crippen molar-refractivity contribution in [1.29, 1.82) is 0 Å². The van der Waals surface area contributed by atoms with E-state index in [1.165, 1.54) is 68.9 Å². The fourth-order valence-corrected chi connectivity index (χ4v) is 2.99. The molecule has 0 amide bonds. The monoisotopic (exact) mass is 290 g/mol. The minimum absolute atomic E-state index is 0.766. The number of hydrogen-bond acceptors (Lipinski definition) is 0. The lowest BCUT2D eigenvalue weighted by atomic mass is 9.90. The summed E-state index contributed by atoms with van der Waals surface area (Å²) >= 11 is 0. The average Bonchev–Trinajstić information content (AvgIpc) is 2.36. The largest absolute Gasteiger partial charge is 0.100 e. The van der Waals surface area contributed by atoms with Crippen molar-refractivity contribution in [3.63, 3.8) is 0 Å². The molecule has 122 valence electrons. The van der Waals surface area contributed by atoms with Crippen LogP contribution in [-0.2, 0) is 0 Å². The van der Waals surface area contributed by atoms with E-state index in [4.69, 9.17) is 0 Å². The third-order valence-corrected chi connectivity index (χ3v) is 4.20. The van der Waals surface area contributed by atoms with E-state index in [1.807, 2.05) is 0 Å². The maximum atomic E-state index is 4.04. The average molecular weight is 291 g/mol. The molecule has 0 aromatic carbocycles. The molecular weight excluding hydrogens is 252 g/mol. The molecule has 0 fully saturated rings. The first kappa shape index (κ1) is 20.2. The molecule has 0 bridgehead atoms. The summed E-state index contributed by atoms with van der Waals surface area (Å²) in [5.74, 6) is 0.766. The summed E-state index contributed by atoms with van der Waals surface area (Å²) in [6.45, 7) is 19.3. The van der Waals surface area contributed by atoms with Gasteiger partial charge in [-0.3, -0.25) is 0 Å². The number of rotatable bonds is 12. The van der Waals surface area contributed by atoms with E-state index in [1.54, 1.807) is 11.1 Å². The Labute approximate surface area is 134 Å². The van der Waals surface area contributed by atoms with Crippen LogP contribution in [0.3, 0.4) is 0 Å². The molecule has 1 atom stereocenters. The van der Waals surface area contributed by atoms with Crippen molar-refractivity contribution in [3.8, 4) is 0 Å². The van der Waals surface area contributed by atoms with Crippen LogP contribution in [0.5, 0.6) is 0 Å². The second kappa shape index (κ2) is 11.8. The Balaban J connectivity index is 4.37. The third kappa shape index (κ3) is 11.5. The molecule has 0 heteroatoms. The van der Waals surface area contributed by atoms with Crippen molar-refractivity contribution in [2.24, 2.45) is 5.92 Å². The molecule has 0 aliphatic rings. The highest BCUT2D eigenvalue weighted by Gasteiger charge is 2.07. The topological polar surface area (TPSA) is 0 Å². The molecule has 0 aromatic rings. The van der Waals surface area contributed by atoms with Crippen molar-refractivity contribution in [1.82, 2.24) is 0 Å². The van der Waals surface area contributed by atoms with E-state index in [-0.39, 0.29) is 0 Å². The summed E-state index contributed by atoms with van der Waals surface area (Å²) in [4.78, 5) is 0. The van der Waals surface area contributed by atoms with Gasteiger partial charge in [-0.05, 0) is 78.1 Å². The van der Waals surface area contributed by atoms with Gasteiger partial charge in [-0.15, -0.1) is 13.2 Å². The number of unbranched alkanes of at least 4 members (excludes halogenated alkanes) is 1. The van der Waals surface area contributed by atoms with Crippen LogP contribution in [0, 0.1) is 5.92 Å². The SMILES string of the molecule is C=C(C)CCCCC(CCC(C)CC(=C)C)=C(C)CCC. The molecule has 0 saturated carbocycles. The van der Waals surface area contributed by atoms with Gasteiger partial charge in [0.05, 0.1) is 0 Å². The van der Waals surface area contributed by atoms with Crippen LogP contribution in [-0.4, -0.2) is 0 Å². The van der Waals surface area contributed by atoms with Crippen LogP contribution >= 0.6 is 0 Å². The van der Waals surface area contributed by atoms with Crippen molar-refractivity contribution < 1.29 is 0 Å². The fraction of sp³-hybridized carbons (Fsp3) is 0.714. The predicted molar refractivity (Wildman–Crippen MR) is 98.7 cm³/mol. The molecule has 21 heavy (non-hydrogen) atoms. The Hall–Kier alpha value is -0.780. The maximum absolute atomic E-state index is 4.04. The second-order valence-electron chi connectivity index (χ2n) is 7.10. The van der Waals surface area contributed by atoms with Crippen LogP contribution in [0.1, 0.15) is 92.4 Å². The van der Waals surface area contributed by atoms with Crippen molar-refractivity contribution in [2.75, 3.05) is 0 Å². The van der Waals surface area contributed by atoms with E-state index >= 15 is 0 Å². The smallest absolute Gasteiger partial charge is 0.0300 e. The lowest BCUT2D eigenvalue weighted by Crippen LogP contribution is -1.99. The highest BCUT2D eigenvalue weighted by molar-refractivity contribution is 5.12. The quantitative estimate of drug-likeness (QED) is 0.256. The van der Waals surface area contributed by atoms with E-state index < -0.39 is 0 Å². The molecule has 0 nitrogen and oxygen atoms in total. The van der Waals surface area contributed by atoms with Crippen molar-refractivity contribution in [3.05, 3.63) is 35.5 Å². The zero-order valence-electron chi connectivity index (χ0n) is 15.4. The van der Waals surface area contributed by atoms with Crippen molar-refractivity contribution >= 4 is 0 Å². The molecule has 0 aliphatic heterocycles. The summed E-state index contributed by atoms with van der Waals surface area (Å²) in [7, 11) is 0. The Morgan fingerprint density at radius 3 is 2.00 bits per heavy atom. The standard InChI is InChI=1S/C21H38/c1-8-11-20(7)21(13-10-9-12-17(2)3)15-14-19(6)16-18(4)5/h19H,2,4,8-16H2,1,3,5-7H3. The van der Waals surface area contributed by atoms with Crippen LogP contribution in [0.15, 0.2) is 35.5 Å². The predicted octanol–water partition coefficient (Wildman–Crippen LogP) is 7.62. The zero-order chi connectivity index (χ0) is 16.3. The third-order valence-electron chi connectivity index (χ3n) is 4.20. The van der Waals surface area contributed by atoms with Gasteiger partial charge in [0.15, 0.2) is 0 Å². The minimum atomic E-state index is 0.766. The van der Waals surface area contributed by atoms with Gasteiger partial charge >= 0.3 is 0 Å². The van der Waals surface area contributed by atoms with Crippen LogP contribution in [0.2, 0.25) is 0 Å². The van der Waals surface area contributed by atoms with Crippen LogP contribution in [0.4, 0.5) is 0 Å². The lowest BCUT2D eigenvalue weighted by molar-refractivity contribution is 0.517. The highest BCUT2D eigenvalue weighted by atomic mass is 14.1. The molecular formula is C21H38. The van der Waals surface area contributed by atoms with E-state index in [9.17, 15) is 0 Å². The van der Waals surface area contributed by atoms with Crippen molar-refractivity contribution in [2.45, 2.75) is 92.4 Å². The maximum Gasteiger partial charge on any atom is -0.0300 e. The number of allylic oxidation sites excluding steroid dienone is 4. The van der Waals surface area contributed by atoms with Gasteiger partial charge in [-0.2, -0.15) is 0 Å².